The Bertz CT molecular complexity index is 472. The van der Waals surface area contributed by atoms with Gasteiger partial charge in [0.2, 0.25) is 0 Å². The van der Waals surface area contributed by atoms with E-state index in [0.717, 1.165) is 12.4 Å². The first-order valence-electron chi connectivity index (χ1n) is 5.80. The Kier molecular flexibility index (Phi) is 2.80. The van der Waals surface area contributed by atoms with E-state index in [1.807, 2.05) is 30.3 Å². The molecule has 2 aromatic rings. The van der Waals surface area contributed by atoms with Crippen LogP contribution in [0.1, 0.15) is 17.2 Å². The minimum absolute atomic E-state index is 0.318. The predicted molar refractivity (Wildman–Crippen MR) is 65.9 cm³/mol. The molecule has 1 aliphatic heterocycles. The molecule has 1 fully saturated rings. The predicted octanol–water partition coefficient (Wildman–Crippen LogP) is 3.34. The van der Waals surface area contributed by atoms with Crippen molar-refractivity contribution in [1.82, 2.24) is 0 Å². The van der Waals surface area contributed by atoms with E-state index in [4.69, 9.17) is 9.47 Å². The molecule has 1 unspecified atom stereocenters. The molecule has 1 atom stereocenters. The maximum Gasteiger partial charge on any atom is 0.119 e. The first kappa shape index (κ1) is 10.4. The van der Waals surface area contributed by atoms with Gasteiger partial charge in [0.1, 0.15) is 18.5 Å². The van der Waals surface area contributed by atoms with Crippen LogP contribution in [0.4, 0.5) is 0 Å². The topological polar surface area (TPSA) is 21.8 Å². The summed E-state index contributed by atoms with van der Waals surface area (Å²) >= 11 is 0. The standard InChI is InChI=1S/C15H14O2/c1-2-4-12(5-3-1)10-16-14-8-6-13(7-9-14)15-11-17-15/h1-9,15H,10-11H2. The second-order valence-electron chi connectivity index (χ2n) is 4.17. The largest absolute Gasteiger partial charge is 0.489 e. The third-order valence-corrected chi connectivity index (χ3v) is 2.83. The molecule has 0 N–H and O–H groups in total. The van der Waals surface area contributed by atoms with E-state index in [0.29, 0.717) is 12.7 Å². The van der Waals surface area contributed by atoms with Gasteiger partial charge in [-0.2, -0.15) is 0 Å². The zero-order chi connectivity index (χ0) is 11.5. The van der Waals surface area contributed by atoms with Crippen molar-refractivity contribution >= 4 is 0 Å². The van der Waals surface area contributed by atoms with Crippen molar-refractivity contribution in [1.29, 1.82) is 0 Å². The molecule has 1 saturated heterocycles. The number of hydrogen-bond donors (Lipinski definition) is 0. The zero-order valence-corrected chi connectivity index (χ0v) is 9.50. The number of rotatable bonds is 4. The second-order valence-corrected chi connectivity index (χ2v) is 4.17. The van der Waals surface area contributed by atoms with Crippen LogP contribution in [0.25, 0.3) is 0 Å². The summed E-state index contributed by atoms with van der Waals surface area (Å²) in [5.74, 6) is 0.901. The Labute approximate surface area is 101 Å². The molecular weight excluding hydrogens is 212 g/mol. The second kappa shape index (κ2) is 4.60. The molecule has 3 rings (SSSR count). The van der Waals surface area contributed by atoms with Crippen LogP contribution in [0.5, 0.6) is 5.75 Å². The van der Waals surface area contributed by atoms with E-state index < -0.39 is 0 Å². The normalized spacial score (nSPS) is 17.8. The van der Waals surface area contributed by atoms with E-state index in [1.54, 1.807) is 0 Å². The lowest BCUT2D eigenvalue weighted by atomic mass is 10.1. The molecule has 0 aliphatic carbocycles. The van der Waals surface area contributed by atoms with Gasteiger partial charge in [0.05, 0.1) is 6.61 Å². The molecule has 86 valence electrons. The summed E-state index contributed by atoms with van der Waals surface area (Å²) in [4.78, 5) is 0. The highest BCUT2D eigenvalue weighted by molar-refractivity contribution is 5.30. The average molecular weight is 226 g/mol. The molecule has 0 saturated carbocycles. The van der Waals surface area contributed by atoms with Crippen LogP contribution in [0.3, 0.4) is 0 Å². The Morgan fingerprint density at radius 1 is 1.00 bits per heavy atom. The molecule has 0 bridgehead atoms. The summed E-state index contributed by atoms with van der Waals surface area (Å²) < 4.78 is 10.9. The third kappa shape index (κ3) is 2.66. The fourth-order valence-corrected chi connectivity index (χ4v) is 1.76. The number of ether oxygens (including phenoxy) is 2. The molecule has 0 spiro atoms. The zero-order valence-electron chi connectivity index (χ0n) is 9.50. The number of epoxide rings is 1. The Hall–Kier alpha value is -1.80. The van der Waals surface area contributed by atoms with Gasteiger partial charge in [-0.25, -0.2) is 0 Å². The molecule has 0 radical (unpaired) electrons. The quantitative estimate of drug-likeness (QED) is 0.746. The van der Waals surface area contributed by atoms with Crippen LogP contribution in [0, 0.1) is 0 Å². The molecule has 0 aromatic heterocycles. The lowest BCUT2D eigenvalue weighted by molar-refractivity contribution is 0.306. The molecule has 0 amide bonds. The van der Waals surface area contributed by atoms with Gasteiger partial charge in [-0.15, -0.1) is 0 Å². The SMILES string of the molecule is c1ccc(COc2ccc(C3CO3)cc2)cc1. The third-order valence-electron chi connectivity index (χ3n) is 2.83. The molecule has 2 heteroatoms. The lowest BCUT2D eigenvalue weighted by Crippen LogP contribution is -1.94. The summed E-state index contributed by atoms with van der Waals surface area (Å²) in [6.45, 7) is 1.46. The van der Waals surface area contributed by atoms with Crippen molar-refractivity contribution in [3.63, 3.8) is 0 Å². The van der Waals surface area contributed by atoms with Crippen LogP contribution in [0.2, 0.25) is 0 Å². The first-order valence-corrected chi connectivity index (χ1v) is 5.80. The fourth-order valence-electron chi connectivity index (χ4n) is 1.76. The fraction of sp³-hybridized carbons (Fsp3) is 0.200. The van der Waals surface area contributed by atoms with Gasteiger partial charge in [0.25, 0.3) is 0 Å². The summed E-state index contributed by atoms with van der Waals surface area (Å²) in [6.07, 6.45) is 0.318. The van der Waals surface area contributed by atoms with Gasteiger partial charge in [-0.3, -0.25) is 0 Å². The van der Waals surface area contributed by atoms with Crippen LogP contribution < -0.4 is 4.74 Å². The summed E-state index contributed by atoms with van der Waals surface area (Å²) in [5.41, 5.74) is 2.42. The summed E-state index contributed by atoms with van der Waals surface area (Å²) in [6, 6.07) is 18.3. The minimum atomic E-state index is 0.318. The highest BCUT2D eigenvalue weighted by Crippen LogP contribution is 2.30. The van der Waals surface area contributed by atoms with Gasteiger partial charge in [0.15, 0.2) is 0 Å². The molecule has 1 heterocycles. The highest BCUT2D eigenvalue weighted by Gasteiger charge is 2.24. The maximum atomic E-state index is 5.71. The van der Waals surface area contributed by atoms with Crippen molar-refractivity contribution in [2.75, 3.05) is 6.61 Å². The first-order chi connectivity index (χ1) is 8.42. The van der Waals surface area contributed by atoms with Gasteiger partial charge in [-0.1, -0.05) is 42.5 Å². The van der Waals surface area contributed by atoms with Crippen molar-refractivity contribution < 1.29 is 9.47 Å². The van der Waals surface area contributed by atoms with Gasteiger partial charge in [-0.05, 0) is 23.3 Å². The van der Waals surface area contributed by atoms with Crippen LogP contribution in [-0.2, 0) is 11.3 Å². The molecule has 2 nitrogen and oxygen atoms in total. The number of benzene rings is 2. The average Bonchev–Trinajstić information content (AvgIpc) is 3.23. The van der Waals surface area contributed by atoms with Crippen LogP contribution >= 0.6 is 0 Å². The summed E-state index contributed by atoms with van der Waals surface area (Å²) in [5, 5.41) is 0. The van der Waals surface area contributed by atoms with Crippen molar-refractivity contribution in [2.45, 2.75) is 12.7 Å². The van der Waals surface area contributed by atoms with Crippen molar-refractivity contribution in [3.05, 3.63) is 65.7 Å². The van der Waals surface area contributed by atoms with Crippen LogP contribution in [-0.4, -0.2) is 6.61 Å². The smallest absolute Gasteiger partial charge is 0.119 e. The van der Waals surface area contributed by atoms with Gasteiger partial charge < -0.3 is 9.47 Å². The Morgan fingerprint density at radius 3 is 2.35 bits per heavy atom. The van der Waals surface area contributed by atoms with Gasteiger partial charge >= 0.3 is 0 Å². The van der Waals surface area contributed by atoms with Crippen molar-refractivity contribution in [2.24, 2.45) is 0 Å². The Morgan fingerprint density at radius 2 is 1.71 bits per heavy atom. The van der Waals surface area contributed by atoms with Crippen molar-refractivity contribution in [3.8, 4) is 5.75 Å². The molecule has 1 aliphatic rings. The molecule has 2 aromatic carbocycles. The maximum absolute atomic E-state index is 5.71. The van der Waals surface area contributed by atoms with E-state index in [9.17, 15) is 0 Å². The summed E-state index contributed by atoms with van der Waals surface area (Å²) in [7, 11) is 0. The van der Waals surface area contributed by atoms with Gasteiger partial charge in [0, 0.05) is 0 Å². The molecule has 17 heavy (non-hydrogen) atoms. The highest BCUT2D eigenvalue weighted by atomic mass is 16.6. The van der Waals surface area contributed by atoms with E-state index >= 15 is 0 Å². The van der Waals surface area contributed by atoms with E-state index in [-0.39, 0.29) is 0 Å². The molecular formula is C15H14O2. The van der Waals surface area contributed by atoms with Crippen LogP contribution in [0.15, 0.2) is 54.6 Å². The lowest BCUT2D eigenvalue weighted by Gasteiger charge is -2.06. The monoisotopic (exact) mass is 226 g/mol. The Balaban J connectivity index is 1.61. The van der Waals surface area contributed by atoms with E-state index in [2.05, 4.69) is 24.3 Å². The minimum Gasteiger partial charge on any atom is -0.489 e. The van der Waals surface area contributed by atoms with E-state index in [1.165, 1.54) is 11.1 Å². The number of hydrogen-bond acceptors (Lipinski definition) is 2.